The van der Waals surface area contributed by atoms with Crippen LogP contribution in [0.25, 0.3) is 5.57 Å². The molecule has 2 aromatic carbocycles. The molecule has 6 heteroatoms. The minimum atomic E-state index is -3.93. The highest BCUT2D eigenvalue weighted by Gasteiger charge is 2.33. The molecular formula is C26H27NO4S. The summed E-state index contributed by atoms with van der Waals surface area (Å²) in [5, 5.41) is 8.13. The van der Waals surface area contributed by atoms with E-state index in [0.717, 1.165) is 22.3 Å². The van der Waals surface area contributed by atoms with E-state index in [2.05, 4.69) is 11.1 Å². The molecular weight excluding hydrogens is 422 g/mol. The number of pyridine rings is 1. The molecule has 0 aliphatic heterocycles. The minimum absolute atomic E-state index is 0.0540. The zero-order chi connectivity index (χ0) is 23.0. The van der Waals surface area contributed by atoms with Crippen LogP contribution in [0.2, 0.25) is 0 Å². The van der Waals surface area contributed by atoms with E-state index in [1.54, 1.807) is 18.3 Å². The molecule has 5 nitrogen and oxygen atoms in total. The molecule has 0 saturated heterocycles. The molecule has 0 fully saturated rings. The SMILES string of the molecule is Cc1ccc(S(=O)(=O)C(CCCCC=C(c2ccccc2)c2cccnc2)C(=O)O)cc1. The smallest absolute Gasteiger partial charge is 0.322 e. The molecule has 3 rings (SSSR count). The van der Waals surface area contributed by atoms with Crippen LogP contribution in [0.15, 0.2) is 90.1 Å². The lowest BCUT2D eigenvalue weighted by atomic mass is 9.97. The van der Waals surface area contributed by atoms with Crippen LogP contribution in [0.4, 0.5) is 0 Å². The van der Waals surface area contributed by atoms with E-state index in [9.17, 15) is 18.3 Å². The first-order valence-electron chi connectivity index (χ1n) is 10.6. The molecule has 0 amide bonds. The van der Waals surface area contributed by atoms with Crippen LogP contribution < -0.4 is 0 Å². The highest BCUT2D eigenvalue weighted by atomic mass is 32.2. The van der Waals surface area contributed by atoms with Gasteiger partial charge in [-0.25, -0.2) is 8.42 Å². The van der Waals surface area contributed by atoms with Gasteiger partial charge in [-0.05, 0) is 55.5 Å². The average molecular weight is 450 g/mol. The molecule has 3 aromatic rings. The maximum Gasteiger partial charge on any atom is 0.322 e. The molecule has 0 aliphatic rings. The Hall–Kier alpha value is -3.25. The fourth-order valence-corrected chi connectivity index (χ4v) is 5.15. The number of aromatic nitrogens is 1. The minimum Gasteiger partial charge on any atom is -0.480 e. The summed E-state index contributed by atoms with van der Waals surface area (Å²) >= 11 is 0. The third-order valence-electron chi connectivity index (χ3n) is 5.33. The molecule has 0 radical (unpaired) electrons. The molecule has 0 saturated carbocycles. The molecule has 0 bridgehead atoms. The number of allylic oxidation sites excluding steroid dienone is 1. The summed E-state index contributed by atoms with van der Waals surface area (Å²) in [7, 11) is -3.93. The van der Waals surface area contributed by atoms with Crippen LogP contribution in [-0.2, 0) is 14.6 Å². The van der Waals surface area contributed by atoms with Crippen molar-refractivity contribution in [2.75, 3.05) is 0 Å². The van der Waals surface area contributed by atoms with Crippen LogP contribution in [0, 0.1) is 6.92 Å². The van der Waals surface area contributed by atoms with Crippen LogP contribution in [-0.4, -0.2) is 29.7 Å². The maximum absolute atomic E-state index is 12.8. The molecule has 0 spiro atoms. The number of rotatable bonds is 10. The van der Waals surface area contributed by atoms with E-state index >= 15 is 0 Å². The van der Waals surface area contributed by atoms with Crippen molar-refractivity contribution in [3.63, 3.8) is 0 Å². The molecule has 32 heavy (non-hydrogen) atoms. The molecule has 1 heterocycles. The monoisotopic (exact) mass is 449 g/mol. The maximum atomic E-state index is 12.8. The number of sulfone groups is 1. The van der Waals surface area contributed by atoms with E-state index in [1.165, 1.54) is 12.1 Å². The Labute approximate surface area is 189 Å². The fraction of sp³-hybridized carbons (Fsp3) is 0.231. The third kappa shape index (κ3) is 5.92. The Balaban J connectivity index is 1.68. The van der Waals surface area contributed by atoms with E-state index in [4.69, 9.17) is 0 Å². The second-order valence-electron chi connectivity index (χ2n) is 7.69. The summed E-state index contributed by atoms with van der Waals surface area (Å²) in [4.78, 5) is 16.0. The quantitative estimate of drug-likeness (QED) is 0.424. The molecule has 1 atom stereocenters. The van der Waals surface area contributed by atoms with E-state index in [1.807, 2.05) is 55.6 Å². The van der Waals surface area contributed by atoms with Gasteiger partial charge in [0.15, 0.2) is 15.1 Å². The van der Waals surface area contributed by atoms with Crippen molar-refractivity contribution in [3.05, 3.63) is 102 Å². The van der Waals surface area contributed by atoms with Gasteiger partial charge >= 0.3 is 5.97 Å². The Morgan fingerprint density at radius 2 is 1.66 bits per heavy atom. The van der Waals surface area contributed by atoms with E-state index in [0.29, 0.717) is 19.3 Å². The van der Waals surface area contributed by atoms with Crippen molar-refractivity contribution >= 4 is 21.4 Å². The van der Waals surface area contributed by atoms with Gasteiger partial charge in [0.1, 0.15) is 0 Å². The summed E-state index contributed by atoms with van der Waals surface area (Å²) in [6, 6.07) is 20.2. The number of hydrogen-bond donors (Lipinski definition) is 1. The first-order valence-corrected chi connectivity index (χ1v) is 12.1. The van der Waals surface area contributed by atoms with Gasteiger partial charge in [-0.15, -0.1) is 0 Å². The van der Waals surface area contributed by atoms with Gasteiger partial charge in [0, 0.05) is 18.0 Å². The van der Waals surface area contributed by atoms with Crippen LogP contribution in [0.5, 0.6) is 0 Å². The van der Waals surface area contributed by atoms with Gasteiger partial charge in [-0.2, -0.15) is 0 Å². The van der Waals surface area contributed by atoms with E-state index in [-0.39, 0.29) is 11.3 Å². The van der Waals surface area contributed by atoms with Gasteiger partial charge in [0.25, 0.3) is 0 Å². The van der Waals surface area contributed by atoms with Crippen LogP contribution in [0.1, 0.15) is 42.4 Å². The van der Waals surface area contributed by atoms with Gasteiger partial charge < -0.3 is 5.11 Å². The molecule has 0 aliphatic carbocycles. The Morgan fingerprint density at radius 1 is 0.969 bits per heavy atom. The summed E-state index contributed by atoms with van der Waals surface area (Å²) in [5.74, 6) is -1.30. The normalized spacial score (nSPS) is 13.0. The first kappa shape index (κ1) is 23.4. The number of benzene rings is 2. The van der Waals surface area contributed by atoms with Crippen molar-refractivity contribution in [1.82, 2.24) is 4.98 Å². The van der Waals surface area contributed by atoms with Crippen molar-refractivity contribution in [3.8, 4) is 0 Å². The van der Waals surface area contributed by atoms with Crippen molar-refractivity contribution in [2.45, 2.75) is 42.8 Å². The van der Waals surface area contributed by atoms with E-state index < -0.39 is 21.1 Å². The molecule has 166 valence electrons. The zero-order valence-electron chi connectivity index (χ0n) is 18.0. The summed E-state index contributed by atoms with van der Waals surface area (Å²) in [6.45, 7) is 1.85. The molecule has 1 unspecified atom stereocenters. The highest BCUT2D eigenvalue weighted by molar-refractivity contribution is 7.92. The summed E-state index contributed by atoms with van der Waals surface area (Å²) < 4.78 is 25.7. The largest absolute Gasteiger partial charge is 0.480 e. The van der Waals surface area contributed by atoms with Crippen molar-refractivity contribution < 1.29 is 18.3 Å². The number of carbonyl (C=O) groups is 1. The Morgan fingerprint density at radius 3 is 2.28 bits per heavy atom. The lowest BCUT2D eigenvalue weighted by Crippen LogP contribution is -2.30. The second-order valence-corrected chi connectivity index (χ2v) is 9.83. The van der Waals surface area contributed by atoms with Gasteiger partial charge in [0.05, 0.1) is 4.90 Å². The number of hydrogen-bond acceptors (Lipinski definition) is 4. The number of aliphatic carboxylic acids is 1. The Kier molecular flexibility index (Phi) is 7.95. The zero-order valence-corrected chi connectivity index (χ0v) is 18.8. The number of nitrogens with zero attached hydrogens (tertiary/aromatic N) is 1. The predicted molar refractivity (Wildman–Crippen MR) is 126 cm³/mol. The van der Waals surface area contributed by atoms with Gasteiger partial charge in [-0.3, -0.25) is 9.78 Å². The lowest BCUT2D eigenvalue weighted by Gasteiger charge is -2.14. The number of carboxylic acids is 1. The summed E-state index contributed by atoms with van der Waals surface area (Å²) in [6.07, 6.45) is 7.61. The van der Waals surface area contributed by atoms with Gasteiger partial charge in [0.2, 0.25) is 0 Å². The number of aryl methyl sites for hydroxylation is 1. The third-order valence-corrected chi connectivity index (χ3v) is 7.44. The molecule has 1 N–H and O–H groups in total. The van der Waals surface area contributed by atoms with Crippen molar-refractivity contribution in [1.29, 1.82) is 0 Å². The predicted octanol–water partition coefficient (Wildman–Crippen LogP) is 5.31. The molecule has 1 aromatic heterocycles. The number of unbranched alkanes of at least 4 members (excludes halogenated alkanes) is 2. The van der Waals surface area contributed by atoms with Crippen molar-refractivity contribution in [2.24, 2.45) is 0 Å². The fourth-order valence-electron chi connectivity index (χ4n) is 3.57. The standard InChI is InChI=1S/C26H27NO4S/c1-20-14-16-23(17-15-20)32(30,31)25(26(28)29)13-7-3-6-12-24(21-9-4-2-5-10-21)22-11-8-18-27-19-22/h2,4-5,8-12,14-19,25H,3,6-7,13H2,1H3,(H,28,29). The first-order chi connectivity index (χ1) is 15.4. The average Bonchev–Trinajstić information content (AvgIpc) is 2.79. The highest BCUT2D eigenvalue weighted by Crippen LogP contribution is 2.25. The Bertz CT molecular complexity index is 1110. The lowest BCUT2D eigenvalue weighted by molar-refractivity contribution is -0.136. The van der Waals surface area contributed by atoms with Crippen LogP contribution in [0.3, 0.4) is 0 Å². The second kappa shape index (κ2) is 10.9. The number of carboxylic acid groups (broad SMARTS) is 1. The topological polar surface area (TPSA) is 84.3 Å². The summed E-state index contributed by atoms with van der Waals surface area (Å²) in [5.41, 5.74) is 4.06. The van der Waals surface area contributed by atoms with Gasteiger partial charge in [-0.1, -0.05) is 66.6 Å². The van der Waals surface area contributed by atoms with Crippen LogP contribution >= 0.6 is 0 Å².